The molecule has 0 radical (unpaired) electrons. The molecule has 2 atom stereocenters. The molecule has 0 bridgehead atoms. The molecule has 5 nitrogen and oxygen atoms in total. The highest BCUT2D eigenvalue weighted by Crippen LogP contribution is 2.40. The molecule has 27 heavy (non-hydrogen) atoms. The number of anilines is 1. The van der Waals surface area contributed by atoms with Gasteiger partial charge in [0.05, 0.1) is 17.5 Å². The second-order valence-corrected chi connectivity index (χ2v) is 7.08. The number of hydrogen-bond donors (Lipinski definition) is 0. The molecular formula is C22H21NO4. The first kappa shape index (κ1) is 17.5. The molecule has 0 aromatic heterocycles. The molecule has 2 aromatic rings. The van der Waals surface area contributed by atoms with Crippen molar-refractivity contribution in [3.63, 3.8) is 0 Å². The van der Waals surface area contributed by atoms with Crippen molar-refractivity contribution in [3.05, 3.63) is 60.2 Å². The van der Waals surface area contributed by atoms with Crippen LogP contribution in [0.15, 0.2) is 54.6 Å². The second-order valence-electron chi connectivity index (χ2n) is 7.08. The van der Waals surface area contributed by atoms with Gasteiger partial charge >= 0.3 is 0 Å². The molecule has 2 amide bonds. The highest BCUT2D eigenvalue weighted by atomic mass is 16.5. The molecule has 1 saturated carbocycles. The molecule has 0 spiro atoms. The smallest absolute Gasteiger partial charge is 0.237 e. The number of hydrogen-bond acceptors (Lipinski definition) is 4. The standard InChI is InChI=1S/C22H21NO4/c24-20(15-6-2-1-3-7-15)14-27-17-12-10-16(11-13-17)23-21(25)18-8-4-5-9-19(18)22(23)26/h1-3,6-7,10-13,18-19H,4-5,8-9,14H2/t18-,19-/m1/s1. The molecule has 2 aromatic carbocycles. The summed E-state index contributed by atoms with van der Waals surface area (Å²) >= 11 is 0. The number of ether oxygens (including phenoxy) is 1. The predicted molar refractivity (Wildman–Crippen MR) is 101 cm³/mol. The Morgan fingerprint density at radius 3 is 2.07 bits per heavy atom. The number of imide groups is 1. The van der Waals surface area contributed by atoms with Crippen LogP contribution in [-0.2, 0) is 9.59 Å². The normalized spacial score (nSPS) is 21.9. The van der Waals surface area contributed by atoms with E-state index in [1.807, 2.05) is 18.2 Å². The zero-order valence-corrected chi connectivity index (χ0v) is 15.0. The summed E-state index contributed by atoms with van der Waals surface area (Å²) in [5, 5.41) is 0. The number of carbonyl (C=O) groups excluding carboxylic acids is 3. The lowest BCUT2D eigenvalue weighted by Gasteiger charge is -2.19. The highest BCUT2D eigenvalue weighted by Gasteiger charge is 2.48. The van der Waals surface area contributed by atoms with Gasteiger partial charge in [0.25, 0.3) is 0 Å². The fourth-order valence-corrected chi connectivity index (χ4v) is 3.96. The number of fused-ring (bicyclic) bond motifs is 1. The molecule has 4 rings (SSSR count). The van der Waals surface area contributed by atoms with E-state index in [0.717, 1.165) is 25.7 Å². The molecule has 1 aliphatic carbocycles. The van der Waals surface area contributed by atoms with Crippen LogP contribution >= 0.6 is 0 Å². The van der Waals surface area contributed by atoms with Crippen LogP contribution in [0.1, 0.15) is 36.0 Å². The molecule has 2 aliphatic rings. The summed E-state index contributed by atoms with van der Waals surface area (Å²) in [4.78, 5) is 38.7. The van der Waals surface area contributed by atoms with Gasteiger partial charge in [-0.05, 0) is 37.1 Å². The van der Waals surface area contributed by atoms with Gasteiger partial charge in [0.2, 0.25) is 11.8 Å². The maximum atomic E-state index is 12.6. The number of ketones is 1. The second kappa shape index (κ2) is 7.35. The lowest BCUT2D eigenvalue weighted by molar-refractivity contribution is -0.122. The van der Waals surface area contributed by atoms with Crippen LogP contribution in [0.4, 0.5) is 5.69 Å². The lowest BCUT2D eigenvalue weighted by atomic mass is 9.81. The third-order valence-electron chi connectivity index (χ3n) is 5.40. The van der Waals surface area contributed by atoms with E-state index in [1.165, 1.54) is 4.90 Å². The van der Waals surface area contributed by atoms with E-state index in [0.29, 0.717) is 17.0 Å². The summed E-state index contributed by atoms with van der Waals surface area (Å²) in [6.07, 6.45) is 3.62. The third kappa shape index (κ3) is 3.37. The van der Waals surface area contributed by atoms with Crippen LogP contribution in [0.5, 0.6) is 5.75 Å². The maximum Gasteiger partial charge on any atom is 0.237 e. The van der Waals surface area contributed by atoms with E-state index in [2.05, 4.69) is 0 Å². The highest BCUT2D eigenvalue weighted by molar-refractivity contribution is 6.22. The van der Waals surface area contributed by atoms with Gasteiger partial charge in [0.1, 0.15) is 5.75 Å². The Labute approximate surface area is 157 Å². The SMILES string of the molecule is O=C(COc1ccc(N2C(=O)[C@@H]3CCCC[C@H]3C2=O)cc1)c1ccccc1. The van der Waals surface area contributed by atoms with Crippen LogP contribution in [-0.4, -0.2) is 24.2 Å². The monoisotopic (exact) mass is 363 g/mol. The van der Waals surface area contributed by atoms with Crippen molar-refractivity contribution < 1.29 is 19.1 Å². The van der Waals surface area contributed by atoms with Crippen LogP contribution in [0, 0.1) is 11.8 Å². The van der Waals surface area contributed by atoms with Crippen LogP contribution in [0.25, 0.3) is 0 Å². The molecule has 138 valence electrons. The molecular weight excluding hydrogens is 342 g/mol. The van der Waals surface area contributed by atoms with Crippen molar-refractivity contribution in [3.8, 4) is 5.75 Å². The Morgan fingerprint density at radius 1 is 0.889 bits per heavy atom. The number of rotatable bonds is 5. The summed E-state index contributed by atoms with van der Waals surface area (Å²) in [7, 11) is 0. The van der Waals surface area contributed by atoms with Gasteiger partial charge in [-0.1, -0.05) is 43.2 Å². The molecule has 1 saturated heterocycles. The number of nitrogens with zero attached hydrogens (tertiary/aromatic N) is 1. The van der Waals surface area contributed by atoms with Gasteiger partial charge in [0, 0.05) is 5.56 Å². The first-order valence-corrected chi connectivity index (χ1v) is 9.34. The Bertz CT molecular complexity index is 836. The van der Waals surface area contributed by atoms with Gasteiger partial charge in [-0.25, -0.2) is 0 Å². The number of Topliss-reactive ketones (excluding diaryl/α,β-unsaturated/α-hetero) is 1. The Hall–Kier alpha value is -2.95. The van der Waals surface area contributed by atoms with Crippen molar-refractivity contribution >= 4 is 23.3 Å². The molecule has 0 unspecified atom stereocenters. The Balaban J connectivity index is 1.42. The topological polar surface area (TPSA) is 63.7 Å². The molecule has 1 aliphatic heterocycles. The van der Waals surface area contributed by atoms with E-state index < -0.39 is 0 Å². The number of carbonyl (C=O) groups is 3. The van der Waals surface area contributed by atoms with Gasteiger partial charge < -0.3 is 4.74 Å². The zero-order valence-electron chi connectivity index (χ0n) is 15.0. The maximum absolute atomic E-state index is 12.6. The fraction of sp³-hybridized carbons (Fsp3) is 0.318. The van der Waals surface area contributed by atoms with Gasteiger partial charge in [-0.3, -0.25) is 19.3 Å². The van der Waals surface area contributed by atoms with Crippen LogP contribution in [0.2, 0.25) is 0 Å². The molecule has 1 heterocycles. The molecule has 5 heteroatoms. The van der Waals surface area contributed by atoms with Crippen molar-refractivity contribution in [2.24, 2.45) is 11.8 Å². The molecule has 2 fully saturated rings. The zero-order chi connectivity index (χ0) is 18.8. The third-order valence-corrected chi connectivity index (χ3v) is 5.40. The minimum absolute atomic E-state index is 0.0604. The minimum atomic E-state index is -0.161. The van der Waals surface area contributed by atoms with Gasteiger partial charge in [-0.2, -0.15) is 0 Å². The van der Waals surface area contributed by atoms with Crippen molar-refractivity contribution in [1.82, 2.24) is 0 Å². The van der Waals surface area contributed by atoms with Crippen molar-refractivity contribution in [1.29, 1.82) is 0 Å². The van der Waals surface area contributed by atoms with Crippen LogP contribution < -0.4 is 9.64 Å². The average Bonchev–Trinajstić information content (AvgIpc) is 2.98. The number of amides is 2. The fourth-order valence-electron chi connectivity index (χ4n) is 3.96. The van der Waals surface area contributed by atoms with Gasteiger partial charge in [0.15, 0.2) is 12.4 Å². The predicted octanol–water partition coefficient (Wildman–Crippen LogP) is 3.63. The largest absolute Gasteiger partial charge is 0.485 e. The van der Waals surface area contributed by atoms with E-state index in [4.69, 9.17) is 4.74 Å². The molecule has 0 N–H and O–H groups in total. The van der Waals surface area contributed by atoms with Gasteiger partial charge in [-0.15, -0.1) is 0 Å². The van der Waals surface area contributed by atoms with Crippen molar-refractivity contribution in [2.45, 2.75) is 25.7 Å². The van der Waals surface area contributed by atoms with E-state index >= 15 is 0 Å². The summed E-state index contributed by atoms with van der Waals surface area (Å²) in [6.45, 7) is -0.0604. The minimum Gasteiger partial charge on any atom is -0.485 e. The van der Waals surface area contributed by atoms with Crippen molar-refractivity contribution in [2.75, 3.05) is 11.5 Å². The average molecular weight is 363 g/mol. The van der Waals surface area contributed by atoms with E-state index in [-0.39, 0.29) is 36.0 Å². The first-order chi connectivity index (χ1) is 13.1. The lowest BCUT2D eigenvalue weighted by Crippen LogP contribution is -2.30. The van der Waals surface area contributed by atoms with E-state index in [1.54, 1.807) is 36.4 Å². The summed E-state index contributed by atoms with van der Waals surface area (Å²) in [5.74, 6) is -0.0696. The summed E-state index contributed by atoms with van der Waals surface area (Å²) in [6, 6.07) is 15.8. The van der Waals surface area contributed by atoms with Crippen LogP contribution in [0.3, 0.4) is 0 Å². The Morgan fingerprint density at radius 2 is 1.48 bits per heavy atom. The quantitative estimate of drug-likeness (QED) is 0.601. The summed E-state index contributed by atoms with van der Waals surface area (Å²) < 4.78 is 5.55. The summed E-state index contributed by atoms with van der Waals surface area (Å²) in [5.41, 5.74) is 1.17. The Kier molecular flexibility index (Phi) is 4.75. The first-order valence-electron chi connectivity index (χ1n) is 9.34. The number of benzene rings is 2. The van der Waals surface area contributed by atoms with E-state index in [9.17, 15) is 14.4 Å².